The first-order valence-electron chi connectivity index (χ1n) is 5.70. The fourth-order valence-corrected chi connectivity index (χ4v) is 2.34. The maximum Gasteiger partial charge on any atom is 0.412 e. The van der Waals surface area contributed by atoms with Crippen molar-refractivity contribution in [2.45, 2.75) is 17.0 Å². The van der Waals surface area contributed by atoms with Crippen LogP contribution in [0.5, 0.6) is 0 Å². The van der Waals surface area contributed by atoms with Crippen LogP contribution in [0.1, 0.15) is 21.8 Å². The molecule has 2 rings (SSSR count). The van der Waals surface area contributed by atoms with Gasteiger partial charge in [0.05, 0.1) is 5.56 Å². The molecule has 20 heavy (non-hydrogen) atoms. The van der Waals surface area contributed by atoms with E-state index in [1.165, 1.54) is 42.5 Å². The summed E-state index contributed by atoms with van der Waals surface area (Å²) in [7, 11) is 0. The molecule has 6 heteroatoms. The highest BCUT2D eigenvalue weighted by molar-refractivity contribution is 6.27. The summed E-state index contributed by atoms with van der Waals surface area (Å²) in [5.74, 6) is -2.24. The summed E-state index contributed by atoms with van der Waals surface area (Å²) in [6.45, 7) is 0. The lowest BCUT2D eigenvalue weighted by Gasteiger charge is -2.34. The van der Waals surface area contributed by atoms with Crippen molar-refractivity contribution in [3.63, 3.8) is 0 Å². The highest BCUT2D eigenvalue weighted by Gasteiger charge is 2.56. The first kappa shape index (κ1) is 14.7. The van der Waals surface area contributed by atoms with E-state index in [1.54, 1.807) is 0 Å². The molecule has 0 spiro atoms. The number of carboxylic acid groups (broad SMARTS) is 1. The summed E-state index contributed by atoms with van der Waals surface area (Å²) in [5, 5.41) is 8.79. The molecule has 2 atom stereocenters. The van der Waals surface area contributed by atoms with Crippen molar-refractivity contribution in [2.75, 3.05) is 0 Å². The number of halogens is 4. The number of rotatable bonds is 2. The Hall–Kier alpha value is -1.75. The molecular formula is C14H10ClF3O2. The van der Waals surface area contributed by atoms with Gasteiger partial charge < -0.3 is 5.11 Å². The van der Waals surface area contributed by atoms with Crippen LogP contribution in [-0.2, 0) is 0 Å². The lowest BCUT2D eigenvalue weighted by molar-refractivity contribution is -0.153. The first-order chi connectivity index (χ1) is 9.25. The fourth-order valence-electron chi connectivity index (χ4n) is 2.07. The molecule has 0 saturated heterocycles. The van der Waals surface area contributed by atoms with Crippen molar-refractivity contribution >= 4 is 17.6 Å². The number of hydrogen-bond donors (Lipinski definition) is 1. The Morgan fingerprint density at radius 2 is 1.80 bits per heavy atom. The molecule has 0 heterocycles. The lowest BCUT2D eigenvalue weighted by Crippen LogP contribution is -2.43. The van der Waals surface area contributed by atoms with E-state index in [4.69, 9.17) is 16.7 Å². The van der Waals surface area contributed by atoms with E-state index in [0.29, 0.717) is 5.56 Å². The lowest BCUT2D eigenvalue weighted by atomic mass is 9.81. The molecular weight excluding hydrogens is 293 g/mol. The smallest absolute Gasteiger partial charge is 0.412 e. The molecule has 0 bridgehead atoms. The largest absolute Gasteiger partial charge is 0.478 e. The van der Waals surface area contributed by atoms with Crippen LogP contribution in [0, 0.1) is 0 Å². The quantitative estimate of drug-likeness (QED) is 0.834. The maximum absolute atomic E-state index is 13.2. The van der Waals surface area contributed by atoms with E-state index in [1.807, 2.05) is 0 Å². The van der Waals surface area contributed by atoms with E-state index in [0.717, 1.165) is 6.08 Å². The van der Waals surface area contributed by atoms with Crippen molar-refractivity contribution in [1.29, 1.82) is 0 Å². The number of alkyl halides is 4. The van der Waals surface area contributed by atoms with Crippen molar-refractivity contribution in [2.24, 2.45) is 0 Å². The molecule has 1 N–H and O–H groups in total. The topological polar surface area (TPSA) is 37.3 Å². The molecule has 1 aromatic carbocycles. The zero-order valence-corrected chi connectivity index (χ0v) is 10.8. The van der Waals surface area contributed by atoms with Crippen molar-refractivity contribution in [3.05, 3.63) is 59.7 Å². The standard InChI is InChI=1S/C14H10ClF3O2/c15-13(14(16,17)18)8-2-1-3-11(13)9-4-6-10(7-5-9)12(19)20/h1-8,11H,(H,19,20). The molecule has 0 saturated carbocycles. The summed E-state index contributed by atoms with van der Waals surface area (Å²) >= 11 is 5.77. The van der Waals surface area contributed by atoms with Crippen molar-refractivity contribution in [1.82, 2.24) is 0 Å². The van der Waals surface area contributed by atoms with Gasteiger partial charge in [0.2, 0.25) is 0 Å². The van der Waals surface area contributed by atoms with E-state index < -0.39 is 22.9 Å². The molecule has 1 aromatic rings. The van der Waals surface area contributed by atoms with Crippen LogP contribution in [-0.4, -0.2) is 22.1 Å². The highest BCUT2D eigenvalue weighted by atomic mass is 35.5. The monoisotopic (exact) mass is 302 g/mol. The average Bonchev–Trinajstić information content (AvgIpc) is 2.38. The second kappa shape index (κ2) is 4.98. The van der Waals surface area contributed by atoms with Gasteiger partial charge >= 0.3 is 12.1 Å². The maximum atomic E-state index is 13.2. The van der Waals surface area contributed by atoms with Crippen molar-refractivity contribution in [3.8, 4) is 0 Å². The summed E-state index contributed by atoms with van der Waals surface area (Å²) in [6.07, 6.45) is 0.386. The molecule has 1 aliphatic carbocycles. The van der Waals surface area contributed by atoms with Gasteiger partial charge in [0.15, 0.2) is 4.87 Å². The molecule has 106 valence electrons. The van der Waals surface area contributed by atoms with Crippen LogP contribution in [0.15, 0.2) is 48.6 Å². The van der Waals surface area contributed by atoms with Gasteiger partial charge in [-0.2, -0.15) is 13.2 Å². The normalized spacial score (nSPS) is 25.7. The summed E-state index contributed by atoms with van der Waals surface area (Å²) < 4.78 is 39.5. The number of benzene rings is 1. The zero-order valence-electron chi connectivity index (χ0n) is 10.1. The molecule has 0 amide bonds. The predicted octanol–water partition coefficient (Wildman–Crippen LogP) is 4.13. The Bertz CT molecular complexity index is 575. The third kappa shape index (κ3) is 2.45. The van der Waals surface area contributed by atoms with E-state index in [9.17, 15) is 18.0 Å². The van der Waals surface area contributed by atoms with Crippen molar-refractivity contribution < 1.29 is 23.1 Å². The van der Waals surface area contributed by atoms with Crippen LogP contribution in [0.25, 0.3) is 0 Å². The Morgan fingerprint density at radius 3 is 2.30 bits per heavy atom. The van der Waals surface area contributed by atoms with E-state index >= 15 is 0 Å². The fraction of sp³-hybridized carbons (Fsp3) is 0.214. The molecule has 2 unspecified atom stereocenters. The number of carboxylic acids is 1. The predicted molar refractivity (Wildman–Crippen MR) is 69.1 cm³/mol. The third-order valence-electron chi connectivity index (χ3n) is 3.16. The summed E-state index contributed by atoms with van der Waals surface area (Å²) in [4.78, 5) is 8.22. The molecule has 0 aliphatic heterocycles. The minimum Gasteiger partial charge on any atom is -0.478 e. The Balaban J connectivity index is 2.42. The SMILES string of the molecule is O=C(O)c1ccc(C2C=CC=CC2(Cl)C(F)(F)F)cc1. The zero-order chi connectivity index (χ0) is 15.0. The van der Waals surface area contributed by atoms with Gasteiger partial charge in [0, 0.05) is 5.92 Å². The average molecular weight is 303 g/mol. The van der Waals surface area contributed by atoms with Gasteiger partial charge in [-0.05, 0) is 17.7 Å². The van der Waals surface area contributed by atoms with Crippen LogP contribution >= 0.6 is 11.6 Å². The highest BCUT2D eigenvalue weighted by Crippen LogP contribution is 2.49. The minimum atomic E-state index is -4.62. The summed E-state index contributed by atoms with van der Waals surface area (Å²) in [5.41, 5.74) is 0.319. The molecule has 2 nitrogen and oxygen atoms in total. The van der Waals surface area contributed by atoms with E-state index in [2.05, 4.69) is 0 Å². The number of carbonyl (C=O) groups is 1. The number of allylic oxidation sites excluding steroid dienone is 4. The molecule has 0 aromatic heterocycles. The first-order valence-corrected chi connectivity index (χ1v) is 6.08. The van der Waals surface area contributed by atoms with Crippen LogP contribution in [0.3, 0.4) is 0 Å². The Kier molecular flexibility index (Phi) is 3.65. The number of aromatic carboxylic acids is 1. The van der Waals surface area contributed by atoms with Crippen LogP contribution < -0.4 is 0 Å². The molecule has 0 fully saturated rings. The number of hydrogen-bond acceptors (Lipinski definition) is 1. The minimum absolute atomic E-state index is 0.0104. The molecule has 1 aliphatic rings. The molecule has 0 radical (unpaired) electrons. The van der Waals surface area contributed by atoms with E-state index in [-0.39, 0.29) is 5.56 Å². The van der Waals surface area contributed by atoms with Crippen LogP contribution in [0.4, 0.5) is 13.2 Å². The Morgan fingerprint density at radius 1 is 1.20 bits per heavy atom. The van der Waals surface area contributed by atoms with Gasteiger partial charge in [-0.15, -0.1) is 11.6 Å². The van der Waals surface area contributed by atoms with Gasteiger partial charge in [-0.3, -0.25) is 0 Å². The summed E-state index contributed by atoms with van der Waals surface area (Å²) in [6, 6.07) is 5.22. The second-order valence-electron chi connectivity index (χ2n) is 4.41. The second-order valence-corrected chi connectivity index (χ2v) is 5.04. The van der Waals surface area contributed by atoms with Gasteiger partial charge in [-0.25, -0.2) is 4.79 Å². The van der Waals surface area contributed by atoms with Gasteiger partial charge in [0.1, 0.15) is 0 Å². The third-order valence-corrected chi connectivity index (χ3v) is 3.73. The van der Waals surface area contributed by atoms with Gasteiger partial charge in [-0.1, -0.05) is 36.4 Å². The Labute approximate surface area is 118 Å². The van der Waals surface area contributed by atoms with Gasteiger partial charge in [0.25, 0.3) is 0 Å². The van der Waals surface area contributed by atoms with Crippen LogP contribution in [0.2, 0.25) is 0 Å².